The van der Waals surface area contributed by atoms with Crippen molar-refractivity contribution in [1.82, 2.24) is 4.72 Å². The molecule has 0 aliphatic heterocycles. The molecule has 0 saturated heterocycles. The molecule has 0 bridgehead atoms. The molecule has 2 rings (SSSR count). The number of nitrogens with one attached hydrogen (secondary N) is 1. The Labute approximate surface area is 153 Å². The van der Waals surface area contributed by atoms with Gasteiger partial charge in [-0.1, -0.05) is 40.9 Å². The van der Waals surface area contributed by atoms with E-state index in [2.05, 4.69) is 4.72 Å². The fraction of sp³-hybridized carbons (Fsp3) is 0.231. The van der Waals surface area contributed by atoms with Gasteiger partial charge in [-0.15, -0.1) is 11.3 Å². The van der Waals surface area contributed by atoms with Crippen LogP contribution in [0, 0.1) is 0 Å². The number of benzene rings is 1. The number of hydrogen-bond acceptors (Lipinski definition) is 4. The van der Waals surface area contributed by atoms with Gasteiger partial charge in [-0.05, 0) is 29.8 Å². The number of thioether (sulfide) groups is 1. The molecule has 3 nitrogen and oxygen atoms in total. The van der Waals surface area contributed by atoms with E-state index in [0.717, 1.165) is 16.9 Å². The van der Waals surface area contributed by atoms with Crippen LogP contribution in [0.3, 0.4) is 0 Å². The Morgan fingerprint density at radius 1 is 1.09 bits per heavy atom. The van der Waals surface area contributed by atoms with Crippen LogP contribution >= 0.6 is 57.9 Å². The standard InChI is InChI=1S/C13H12Cl3NO2S3/c14-10-2-1-3-11(15)9(10)8-20-7-6-17-22(18,19)13-5-4-12(16)21-13/h1-5,17H,6-8H2. The first-order valence-electron chi connectivity index (χ1n) is 6.16. The Morgan fingerprint density at radius 3 is 2.36 bits per heavy atom. The van der Waals surface area contributed by atoms with E-state index in [1.165, 1.54) is 6.07 Å². The molecule has 120 valence electrons. The fourth-order valence-electron chi connectivity index (χ4n) is 1.61. The second-order valence-electron chi connectivity index (χ2n) is 4.21. The van der Waals surface area contributed by atoms with Crippen molar-refractivity contribution in [2.75, 3.05) is 12.3 Å². The minimum atomic E-state index is -3.48. The molecule has 0 aliphatic carbocycles. The van der Waals surface area contributed by atoms with Crippen LogP contribution in [-0.2, 0) is 15.8 Å². The Bertz CT molecular complexity index is 726. The van der Waals surface area contributed by atoms with Crippen molar-refractivity contribution in [3.63, 3.8) is 0 Å². The Balaban J connectivity index is 1.80. The van der Waals surface area contributed by atoms with Gasteiger partial charge >= 0.3 is 0 Å². The van der Waals surface area contributed by atoms with Crippen LogP contribution in [0.1, 0.15) is 5.56 Å². The van der Waals surface area contributed by atoms with Gasteiger partial charge in [0.15, 0.2) is 0 Å². The van der Waals surface area contributed by atoms with Crippen molar-refractivity contribution in [2.45, 2.75) is 9.96 Å². The largest absolute Gasteiger partial charge is 0.250 e. The summed E-state index contributed by atoms with van der Waals surface area (Å²) in [6.45, 7) is 0.324. The van der Waals surface area contributed by atoms with Crippen molar-refractivity contribution in [1.29, 1.82) is 0 Å². The van der Waals surface area contributed by atoms with Gasteiger partial charge in [0.05, 0.1) is 4.34 Å². The molecule has 1 heterocycles. The SMILES string of the molecule is O=S(=O)(NCCSCc1c(Cl)cccc1Cl)c1ccc(Cl)s1. The van der Waals surface area contributed by atoms with E-state index < -0.39 is 10.0 Å². The Kier molecular flexibility index (Phi) is 6.89. The van der Waals surface area contributed by atoms with Gasteiger partial charge in [0.25, 0.3) is 0 Å². The molecule has 0 fully saturated rings. The van der Waals surface area contributed by atoms with Gasteiger partial charge in [0.2, 0.25) is 10.0 Å². The number of thiophene rings is 1. The smallest absolute Gasteiger partial charge is 0.210 e. The van der Waals surface area contributed by atoms with Crippen LogP contribution in [0.5, 0.6) is 0 Å². The van der Waals surface area contributed by atoms with Gasteiger partial charge in [-0.3, -0.25) is 0 Å². The molecule has 9 heteroatoms. The van der Waals surface area contributed by atoms with Crippen LogP contribution in [0.15, 0.2) is 34.5 Å². The second kappa shape index (κ2) is 8.24. The summed E-state index contributed by atoms with van der Waals surface area (Å²) in [6.07, 6.45) is 0. The minimum absolute atomic E-state index is 0.219. The quantitative estimate of drug-likeness (QED) is 0.652. The third kappa shape index (κ3) is 5.03. The second-order valence-corrected chi connectivity index (χ2v) is 9.84. The van der Waals surface area contributed by atoms with E-state index in [1.54, 1.807) is 36.0 Å². The van der Waals surface area contributed by atoms with Gasteiger partial charge < -0.3 is 0 Å². The summed E-state index contributed by atoms with van der Waals surface area (Å²) >= 11 is 20.5. The highest BCUT2D eigenvalue weighted by Gasteiger charge is 2.15. The minimum Gasteiger partial charge on any atom is -0.210 e. The lowest BCUT2D eigenvalue weighted by Crippen LogP contribution is -2.25. The Hall–Kier alpha value is 0.0500. The number of sulfonamides is 1. The van der Waals surface area contributed by atoms with E-state index >= 15 is 0 Å². The molecule has 0 spiro atoms. The molecule has 1 N–H and O–H groups in total. The van der Waals surface area contributed by atoms with E-state index in [1.807, 2.05) is 0 Å². The van der Waals surface area contributed by atoms with Gasteiger partial charge in [-0.2, -0.15) is 11.8 Å². The van der Waals surface area contributed by atoms with Crippen molar-refractivity contribution >= 4 is 67.9 Å². The third-order valence-corrected chi connectivity index (χ3v) is 7.54. The maximum absolute atomic E-state index is 12.0. The summed E-state index contributed by atoms with van der Waals surface area (Å²) in [4.78, 5) is 0. The topological polar surface area (TPSA) is 46.2 Å². The normalized spacial score (nSPS) is 11.8. The molecule has 2 aromatic rings. The predicted molar refractivity (Wildman–Crippen MR) is 97.1 cm³/mol. The van der Waals surface area contributed by atoms with Crippen molar-refractivity contribution in [3.8, 4) is 0 Å². The molecular weight excluding hydrogens is 405 g/mol. The molecule has 0 saturated carbocycles. The predicted octanol–water partition coefficient (Wildman–Crippen LogP) is 4.92. The van der Waals surface area contributed by atoms with E-state index in [-0.39, 0.29) is 4.21 Å². The van der Waals surface area contributed by atoms with E-state index in [9.17, 15) is 8.42 Å². The van der Waals surface area contributed by atoms with E-state index in [4.69, 9.17) is 34.8 Å². The number of rotatable bonds is 7. The van der Waals surface area contributed by atoms with E-state index in [0.29, 0.717) is 32.4 Å². The first kappa shape index (κ1) is 18.4. The summed E-state index contributed by atoms with van der Waals surface area (Å²) in [5.74, 6) is 1.24. The summed E-state index contributed by atoms with van der Waals surface area (Å²) in [5, 5.41) is 1.24. The zero-order valence-corrected chi connectivity index (χ0v) is 15.9. The Morgan fingerprint density at radius 2 is 1.77 bits per heavy atom. The zero-order chi connectivity index (χ0) is 16.2. The maximum atomic E-state index is 12.0. The summed E-state index contributed by atoms with van der Waals surface area (Å²) in [5.41, 5.74) is 0.865. The monoisotopic (exact) mass is 415 g/mol. The molecule has 1 aromatic heterocycles. The molecule has 0 aliphatic rings. The molecule has 1 aromatic carbocycles. The van der Waals surface area contributed by atoms with Crippen LogP contribution in [-0.4, -0.2) is 20.7 Å². The maximum Gasteiger partial charge on any atom is 0.250 e. The van der Waals surface area contributed by atoms with Gasteiger partial charge in [0, 0.05) is 28.1 Å². The van der Waals surface area contributed by atoms with Gasteiger partial charge in [0.1, 0.15) is 4.21 Å². The van der Waals surface area contributed by atoms with Crippen molar-refractivity contribution in [3.05, 3.63) is 50.3 Å². The molecule has 0 unspecified atom stereocenters. The molecular formula is C13H12Cl3NO2S3. The van der Waals surface area contributed by atoms with Crippen LogP contribution in [0.25, 0.3) is 0 Å². The first-order chi connectivity index (χ1) is 10.4. The lowest BCUT2D eigenvalue weighted by Gasteiger charge is -2.07. The highest BCUT2D eigenvalue weighted by atomic mass is 35.5. The molecule has 0 atom stereocenters. The molecule has 0 amide bonds. The highest BCUT2D eigenvalue weighted by molar-refractivity contribution is 7.98. The molecule has 0 radical (unpaired) electrons. The highest BCUT2D eigenvalue weighted by Crippen LogP contribution is 2.28. The number of halogens is 3. The summed E-state index contributed by atoms with van der Waals surface area (Å²) < 4.78 is 27.2. The molecule has 22 heavy (non-hydrogen) atoms. The zero-order valence-electron chi connectivity index (χ0n) is 11.2. The average molecular weight is 417 g/mol. The fourth-order valence-corrected chi connectivity index (χ4v) is 5.89. The van der Waals surface area contributed by atoms with Crippen LogP contribution in [0.2, 0.25) is 14.4 Å². The lowest BCUT2D eigenvalue weighted by molar-refractivity contribution is 0.586. The van der Waals surface area contributed by atoms with Gasteiger partial charge in [-0.25, -0.2) is 13.1 Å². The van der Waals surface area contributed by atoms with Crippen molar-refractivity contribution < 1.29 is 8.42 Å². The summed E-state index contributed by atoms with van der Waals surface area (Å²) in [7, 11) is -3.48. The third-order valence-electron chi connectivity index (χ3n) is 2.66. The average Bonchev–Trinajstić information content (AvgIpc) is 2.89. The first-order valence-corrected chi connectivity index (χ1v) is 10.7. The lowest BCUT2D eigenvalue weighted by atomic mass is 10.2. The van der Waals surface area contributed by atoms with Crippen LogP contribution < -0.4 is 4.72 Å². The summed E-state index contributed by atoms with van der Waals surface area (Å²) in [6, 6.07) is 8.42. The van der Waals surface area contributed by atoms with Crippen LogP contribution in [0.4, 0.5) is 0 Å². The van der Waals surface area contributed by atoms with Crippen molar-refractivity contribution in [2.24, 2.45) is 0 Å². The number of hydrogen-bond donors (Lipinski definition) is 1.